The van der Waals surface area contributed by atoms with E-state index >= 15 is 0 Å². The maximum absolute atomic E-state index is 5.99. The zero-order valence-electron chi connectivity index (χ0n) is 15.4. The molecule has 0 saturated carbocycles. The van der Waals surface area contributed by atoms with Crippen molar-refractivity contribution in [1.29, 1.82) is 0 Å². The van der Waals surface area contributed by atoms with Gasteiger partial charge in [0.1, 0.15) is 5.82 Å². The fourth-order valence-electron chi connectivity index (χ4n) is 4.29. The number of rotatable bonds is 3. The van der Waals surface area contributed by atoms with Crippen molar-refractivity contribution < 1.29 is 4.74 Å². The average molecular weight is 360 g/mol. The topological polar surface area (TPSA) is 41.5 Å². The Labute approximate surface area is 159 Å². The number of anilines is 1. The summed E-state index contributed by atoms with van der Waals surface area (Å²) in [6, 6.07) is 19.1. The van der Waals surface area contributed by atoms with Gasteiger partial charge < -0.3 is 9.64 Å². The lowest BCUT2D eigenvalue weighted by Crippen LogP contribution is -2.44. The second-order valence-electron chi connectivity index (χ2n) is 7.59. The summed E-state index contributed by atoms with van der Waals surface area (Å²) in [5.41, 5.74) is 2.19. The number of para-hydroxylation sites is 1. The van der Waals surface area contributed by atoms with Gasteiger partial charge in [0, 0.05) is 43.7 Å². The van der Waals surface area contributed by atoms with Crippen molar-refractivity contribution in [2.75, 3.05) is 37.7 Å². The van der Waals surface area contributed by atoms with Gasteiger partial charge in [-0.3, -0.25) is 9.88 Å². The number of hydrogen-bond donors (Lipinski definition) is 0. The molecule has 0 N–H and O–H groups in total. The van der Waals surface area contributed by atoms with E-state index in [0.717, 1.165) is 56.4 Å². The summed E-state index contributed by atoms with van der Waals surface area (Å²) in [7, 11) is 0. The standard InChI is InChI=1S/C22H24N4O/c1-2-7-21-18(5-1)8-9-22(24-21)26-12-17-11-25(14-20(26)16-27-15-17)13-19-6-3-4-10-23-19/h1-10,17,20H,11-16H2/t17-,20-/m0/s1. The molecule has 5 heteroatoms. The smallest absolute Gasteiger partial charge is 0.129 e. The van der Waals surface area contributed by atoms with Crippen LogP contribution in [0.4, 0.5) is 5.82 Å². The van der Waals surface area contributed by atoms with E-state index in [9.17, 15) is 0 Å². The molecular weight excluding hydrogens is 336 g/mol. The summed E-state index contributed by atoms with van der Waals surface area (Å²) >= 11 is 0. The van der Waals surface area contributed by atoms with Gasteiger partial charge in [-0.1, -0.05) is 24.3 Å². The van der Waals surface area contributed by atoms with Crippen LogP contribution < -0.4 is 4.90 Å². The van der Waals surface area contributed by atoms with Gasteiger partial charge in [-0.25, -0.2) is 4.98 Å². The highest BCUT2D eigenvalue weighted by Crippen LogP contribution is 2.26. The van der Waals surface area contributed by atoms with Crippen LogP contribution >= 0.6 is 0 Å². The van der Waals surface area contributed by atoms with Crippen LogP contribution in [-0.2, 0) is 11.3 Å². The number of fused-ring (bicyclic) bond motifs is 4. The van der Waals surface area contributed by atoms with E-state index in [2.05, 4.69) is 63.3 Å². The lowest BCUT2D eigenvalue weighted by Gasteiger charge is -2.31. The number of benzene rings is 1. The van der Waals surface area contributed by atoms with Crippen LogP contribution in [-0.4, -0.2) is 53.8 Å². The van der Waals surface area contributed by atoms with Crippen LogP contribution in [0.15, 0.2) is 60.8 Å². The van der Waals surface area contributed by atoms with Crippen molar-refractivity contribution in [3.8, 4) is 0 Å². The van der Waals surface area contributed by atoms with Crippen LogP contribution in [0.3, 0.4) is 0 Å². The molecule has 0 aliphatic carbocycles. The van der Waals surface area contributed by atoms with Gasteiger partial charge in [-0.05, 0) is 30.3 Å². The molecule has 3 aromatic rings. The van der Waals surface area contributed by atoms with E-state index in [1.54, 1.807) is 0 Å². The third-order valence-corrected chi connectivity index (χ3v) is 5.53. The van der Waals surface area contributed by atoms with E-state index in [1.807, 2.05) is 12.3 Å². The Morgan fingerprint density at radius 2 is 1.85 bits per heavy atom. The Balaban J connectivity index is 1.42. The van der Waals surface area contributed by atoms with E-state index in [0.29, 0.717) is 12.0 Å². The van der Waals surface area contributed by atoms with Crippen LogP contribution in [0.2, 0.25) is 0 Å². The highest BCUT2D eigenvalue weighted by Gasteiger charge is 2.34. The molecule has 0 spiro atoms. The van der Waals surface area contributed by atoms with Gasteiger partial charge in [0.25, 0.3) is 0 Å². The van der Waals surface area contributed by atoms with Gasteiger partial charge in [-0.15, -0.1) is 0 Å². The Bertz CT molecular complexity index is 916. The third kappa shape index (κ3) is 3.53. The number of aromatic nitrogens is 2. The van der Waals surface area contributed by atoms with Crippen molar-refractivity contribution in [2.45, 2.75) is 12.6 Å². The first-order valence-corrected chi connectivity index (χ1v) is 9.67. The van der Waals surface area contributed by atoms with E-state index in [-0.39, 0.29) is 0 Å². The lowest BCUT2D eigenvalue weighted by atomic mass is 10.1. The molecule has 5 rings (SSSR count). The average Bonchev–Trinajstić information content (AvgIpc) is 2.99. The van der Waals surface area contributed by atoms with Crippen LogP contribution in [0.5, 0.6) is 0 Å². The minimum Gasteiger partial charge on any atom is -0.379 e. The summed E-state index contributed by atoms with van der Waals surface area (Å²) < 4.78 is 5.99. The van der Waals surface area contributed by atoms with Crippen molar-refractivity contribution in [2.24, 2.45) is 5.92 Å². The molecule has 4 heterocycles. The first-order chi connectivity index (χ1) is 13.3. The minimum atomic E-state index is 0.315. The van der Waals surface area contributed by atoms with Crippen LogP contribution in [0.1, 0.15) is 5.69 Å². The third-order valence-electron chi connectivity index (χ3n) is 5.53. The molecule has 2 aliphatic rings. The van der Waals surface area contributed by atoms with Gasteiger partial charge in [0.15, 0.2) is 0 Å². The maximum atomic E-state index is 5.99. The van der Waals surface area contributed by atoms with Crippen molar-refractivity contribution in [1.82, 2.24) is 14.9 Å². The fraction of sp³-hybridized carbons (Fsp3) is 0.364. The Kier molecular flexibility index (Phi) is 4.47. The summed E-state index contributed by atoms with van der Waals surface area (Å²) in [6.45, 7) is 5.48. The molecule has 2 bridgehead atoms. The molecule has 2 saturated heterocycles. The second-order valence-corrected chi connectivity index (χ2v) is 7.59. The van der Waals surface area contributed by atoms with Crippen molar-refractivity contribution >= 4 is 16.7 Å². The number of pyridine rings is 2. The first kappa shape index (κ1) is 16.7. The summed E-state index contributed by atoms with van der Waals surface area (Å²) in [5.74, 6) is 1.54. The molecule has 1 aromatic carbocycles. The van der Waals surface area contributed by atoms with Gasteiger partial charge in [-0.2, -0.15) is 0 Å². The van der Waals surface area contributed by atoms with Crippen LogP contribution in [0.25, 0.3) is 10.9 Å². The Hall–Kier alpha value is -2.50. The predicted molar refractivity (Wildman–Crippen MR) is 107 cm³/mol. The second kappa shape index (κ2) is 7.25. The molecule has 2 fully saturated rings. The minimum absolute atomic E-state index is 0.315. The molecule has 2 aliphatic heterocycles. The summed E-state index contributed by atoms with van der Waals surface area (Å²) in [5, 5.41) is 1.19. The highest BCUT2D eigenvalue weighted by molar-refractivity contribution is 5.80. The lowest BCUT2D eigenvalue weighted by molar-refractivity contribution is 0.0623. The quantitative estimate of drug-likeness (QED) is 0.718. The maximum Gasteiger partial charge on any atom is 0.129 e. The normalized spacial score (nSPS) is 23.3. The van der Waals surface area contributed by atoms with Crippen LogP contribution in [0, 0.1) is 5.92 Å². The molecule has 5 nitrogen and oxygen atoms in total. The number of nitrogens with zero attached hydrogens (tertiary/aromatic N) is 4. The van der Waals surface area contributed by atoms with Crippen molar-refractivity contribution in [3.63, 3.8) is 0 Å². The van der Waals surface area contributed by atoms with E-state index < -0.39 is 0 Å². The zero-order chi connectivity index (χ0) is 18.1. The molecule has 0 amide bonds. The Morgan fingerprint density at radius 3 is 2.78 bits per heavy atom. The van der Waals surface area contributed by atoms with Gasteiger partial charge >= 0.3 is 0 Å². The SMILES string of the molecule is c1ccc(CN2C[C@@H]3COC[C@H](C2)N(c2ccc4ccccc4n2)C3)nc1. The largest absolute Gasteiger partial charge is 0.379 e. The number of hydrogen-bond acceptors (Lipinski definition) is 5. The van der Waals surface area contributed by atoms with Gasteiger partial charge in [0.05, 0.1) is 30.5 Å². The fourth-order valence-corrected chi connectivity index (χ4v) is 4.29. The predicted octanol–water partition coefficient (Wildman–Crippen LogP) is 2.97. The monoisotopic (exact) mass is 360 g/mol. The molecule has 0 radical (unpaired) electrons. The molecule has 2 atom stereocenters. The first-order valence-electron chi connectivity index (χ1n) is 9.67. The highest BCUT2D eigenvalue weighted by atomic mass is 16.5. The molecule has 0 unspecified atom stereocenters. The van der Waals surface area contributed by atoms with Crippen molar-refractivity contribution in [3.05, 3.63) is 66.5 Å². The van der Waals surface area contributed by atoms with Gasteiger partial charge in [0.2, 0.25) is 0 Å². The Morgan fingerprint density at radius 1 is 0.926 bits per heavy atom. The summed E-state index contributed by atoms with van der Waals surface area (Å²) in [6.07, 6.45) is 1.88. The van der Waals surface area contributed by atoms with E-state index in [4.69, 9.17) is 9.72 Å². The van der Waals surface area contributed by atoms with E-state index in [1.165, 1.54) is 5.39 Å². The summed E-state index contributed by atoms with van der Waals surface area (Å²) in [4.78, 5) is 14.4. The molecular formula is C22H24N4O. The molecule has 2 aromatic heterocycles. The molecule has 138 valence electrons. The molecule has 27 heavy (non-hydrogen) atoms. The number of ether oxygens (including phenoxy) is 1. The zero-order valence-corrected chi connectivity index (χ0v) is 15.4.